The number of carboxylic acids is 1. The third-order valence-corrected chi connectivity index (χ3v) is 9.26. The molecule has 3 aromatic rings. The van der Waals surface area contributed by atoms with E-state index in [0.717, 1.165) is 18.9 Å². The molecule has 3 aliphatic rings. The molecule has 0 spiro atoms. The quantitative estimate of drug-likeness (QED) is 0.205. The van der Waals surface area contributed by atoms with Crippen molar-refractivity contribution in [1.82, 2.24) is 4.57 Å². The molecule has 48 heavy (non-hydrogen) atoms. The Hall–Kier alpha value is -4.15. The molecule has 2 saturated heterocycles. The second-order valence-electron chi connectivity index (χ2n) is 12.7. The highest BCUT2D eigenvalue weighted by Gasteiger charge is 2.32. The van der Waals surface area contributed by atoms with E-state index in [9.17, 15) is 19.5 Å². The van der Waals surface area contributed by atoms with Gasteiger partial charge in [-0.25, -0.2) is 18.4 Å². The monoisotopic (exact) mass is 668 g/mol. The number of nitrogens with zero attached hydrogens (tertiary/aromatic N) is 4. The fraction of sp³-hybridized carbons (Fsp3) is 0.541. The number of unbranched alkanes of at least 4 members (excludes halogenated alkanes) is 5. The second-order valence-corrected chi connectivity index (χ2v) is 12.7. The van der Waals surface area contributed by atoms with Gasteiger partial charge >= 0.3 is 12.1 Å². The third kappa shape index (κ3) is 8.10. The van der Waals surface area contributed by atoms with E-state index < -0.39 is 29.1 Å². The molecule has 0 radical (unpaired) electrons. The van der Waals surface area contributed by atoms with E-state index >= 15 is 8.78 Å². The molecule has 6 rings (SSSR count). The lowest BCUT2D eigenvalue weighted by atomic mass is 10.1. The first-order valence-electron chi connectivity index (χ1n) is 17.1. The Labute approximate surface area is 282 Å². The number of hydrogen-bond acceptors (Lipinski definition) is 6. The van der Waals surface area contributed by atoms with E-state index in [2.05, 4.69) is 13.8 Å². The Balaban J connectivity index is 0.000000517. The predicted molar refractivity (Wildman–Crippen MR) is 188 cm³/mol. The summed E-state index contributed by atoms with van der Waals surface area (Å²) in [6.45, 7) is 8.53. The molecule has 1 aromatic heterocycles. The Bertz CT molecular complexity index is 1640. The zero-order chi connectivity index (χ0) is 33.7. The molecule has 1 N–H and O–H groups in total. The van der Waals surface area contributed by atoms with Crippen LogP contribution in [0.15, 0.2) is 41.3 Å². The van der Waals surface area contributed by atoms with E-state index in [-0.39, 0.29) is 30.5 Å². The van der Waals surface area contributed by atoms with Crippen molar-refractivity contribution in [3.8, 4) is 0 Å². The van der Waals surface area contributed by atoms with Crippen LogP contribution < -0.4 is 20.1 Å². The van der Waals surface area contributed by atoms with Gasteiger partial charge in [-0.1, -0.05) is 66.7 Å². The van der Waals surface area contributed by atoms with E-state index in [0.29, 0.717) is 61.7 Å². The Morgan fingerprint density at radius 3 is 2.00 bits per heavy atom. The number of piperazine rings is 1. The van der Waals surface area contributed by atoms with Crippen LogP contribution in [0.5, 0.6) is 0 Å². The molecule has 1 amide bonds. The van der Waals surface area contributed by atoms with Crippen LogP contribution in [0.2, 0.25) is 0 Å². The number of carbonyl (C=O) groups is 2. The number of pyridine rings is 1. The molecule has 2 aromatic carbocycles. The zero-order valence-corrected chi connectivity index (χ0v) is 27.6. The number of rotatable bonds is 11. The predicted octanol–water partition coefficient (Wildman–Crippen LogP) is 8.38. The normalized spacial score (nSPS) is 17.6. The molecule has 1 saturated carbocycles. The van der Waals surface area contributed by atoms with Crippen molar-refractivity contribution in [3.05, 3.63) is 63.9 Å². The molecule has 9 nitrogen and oxygen atoms in total. The Morgan fingerprint density at radius 1 is 0.875 bits per heavy atom. The number of hydrogen-bond donors (Lipinski definition) is 1. The van der Waals surface area contributed by atoms with Gasteiger partial charge in [-0.2, -0.15) is 0 Å². The second kappa shape index (κ2) is 16.3. The van der Waals surface area contributed by atoms with Crippen molar-refractivity contribution in [2.24, 2.45) is 0 Å². The van der Waals surface area contributed by atoms with Crippen molar-refractivity contribution in [1.29, 1.82) is 0 Å². The first-order chi connectivity index (χ1) is 22.7. The van der Waals surface area contributed by atoms with Gasteiger partial charge in [0.25, 0.3) is 0 Å². The summed E-state index contributed by atoms with van der Waals surface area (Å²) in [5, 5.41) is 9.50. The van der Waals surface area contributed by atoms with Crippen LogP contribution in [0.1, 0.15) is 102 Å². The zero-order valence-electron chi connectivity index (χ0n) is 27.6. The summed E-state index contributed by atoms with van der Waals surface area (Å²) in [6.07, 6.45) is 11.6. The van der Waals surface area contributed by atoms with Crippen LogP contribution in [-0.2, 0) is 4.74 Å². The van der Waals surface area contributed by atoms with Crippen LogP contribution in [0.3, 0.4) is 0 Å². The van der Waals surface area contributed by atoms with Gasteiger partial charge in [0, 0.05) is 43.8 Å². The van der Waals surface area contributed by atoms with E-state index in [1.165, 1.54) is 55.7 Å². The number of halogens is 2. The molecule has 1 atom stereocenters. The minimum Gasteiger partial charge on any atom is -0.477 e. The molecule has 3 fully saturated rings. The van der Waals surface area contributed by atoms with Gasteiger partial charge in [0.05, 0.1) is 29.1 Å². The number of benzene rings is 2. The summed E-state index contributed by atoms with van der Waals surface area (Å²) < 4.78 is 37.5. The van der Waals surface area contributed by atoms with Gasteiger partial charge in [0.15, 0.2) is 0 Å². The van der Waals surface area contributed by atoms with Crippen LogP contribution in [-0.4, -0.2) is 60.6 Å². The minimum absolute atomic E-state index is 0. The highest BCUT2D eigenvalue weighted by atomic mass is 19.1. The fourth-order valence-corrected chi connectivity index (χ4v) is 6.31. The maximum absolute atomic E-state index is 15.3. The fourth-order valence-electron chi connectivity index (χ4n) is 6.31. The molecule has 3 heterocycles. The highest BCUT2D eigenvalue weighted by molar-refractivity contribution is 5.94. The average Bonchev–Trinajstić information content (AvgIpc) is 3.84. The smallest absolute Gasteiger partial charge is 0.414 e. The summed E-state index contributed by atoms with van der Waals surface area (Å²) in [5.74, 6) is -2.38. The number of aromatic nitrogens is 1. The minimum atomic E-state index is -1.33. The first kappa shape index (κ1) is 36.7. The lowest BCUT2D eigenvalue weighted by Gasteiger charge is -2.37. The maximum Gasteiger partial charge on any atom is 0.414 e. The Morgan fingerprint density at radius 2 is 1.48 bits per heavy atom. The van der Waals surface area contributed by atoms with Gasteiger partial charge in [-0.05, 0) is 49.6 Å². The largest absolute Gasteiger partial charge is 0.477 e. The van der Waals surface area contributed by atoms with Crippen LogP contribution in [0, 0.1) is 11.6 Å². The molecule has 262 valence electrons. The van der Waals surface area contributed by atoms with E-state index in [1.807, 2.05) is 16.7 Å². The number of fused-ring (bicyclic) bond motifs is 1. The standard InChI is InChI=1S/C28H28F2N4O5.C8H18.CH4/c1-2-18-14-34(28(38)39-18)17-5-6-23(21(29)11-17)31-7-9-32(10-8-31)25-13-24-19(12-22(25)30)26(35)20(27(36)37)15-33(24)16-3-4-16;1-3-5-7-8-6-4-2;/h5-6,11-13,15-16,18H,2-4,7-10,14H2,1H3,(H,36,37);3-8H2,1-2H3;1H4/t18-;;/m0../s1. The summed E-state index contributed by atoms with van der Waals surface area (Å²) in [6, 6.07) is 7.54. The number of amides is 1. The van der Waals surface area contributed by atoms with Gasteiger partial charge < -0.3 is 24.2 Å². The van der Waals surface area contributed by atoms with Crippen molar-refractivity contribution >= 4 is 40.0 Å². The number of anilines is 3. The van der Waals surface area contributed by atoms with Gasteiger partial charge in [0.2, 0.25) is 5.43 Å². The molecular formula is C37H50F2N4O5. The number of carboxylic acid groups (broad SMARTS) is 1. The summed E-state index contributed by atoms with van der Waals surface area (Å²) in [7, 11) is 0. The van der Waals surface area contributed by atoms with Crippen LogP contribution in [0.4, 0.5) is 30.6 Å². The topological polar surface area (TPSA) is 95.3 Å². The molecule has 2 aliphatic heterocycles. The average molecular weight is 669 g/mol. The number of aromatic carboxylic acids is 1. The lowest BCUT2D eigenvalue weighted by molar-refractivity contribution is 0.0694. The van der Waals surface area contributed by atoms with Crippen LogP contribution in [0.25, 0.3) is 10.9 Å². The van der Waals surface area contributed by atoms with Crippen molar-refractivity contribution in [2.75, 3.05) is 47.4 Å². The van der Waals surface area contributed by atoms with Crippen molar-refractivity contribution in [2.45, 2.75) is 98.1 Å². The maximum atomic E-state index is 15.3. The van der Waals surface area contributed by atoms with E-state index in [1.54, 1.807) is 22.8 Å². The van der Waals surface area contributed by atoms with Gasteiger partial charge in [0.1, 0.15) is 23.3 Å². The molecule has 1 aliphatic carbocycles. The lowest BCUT2D eigenvalue weighted by Crippen LogP contribution is -2.47. The molecular weight excluding hydrogens is 618 g/mol. The summed E-state index contributed by atoms with van der Waals surface area (Å²) >= 11 is 0. The van der Waals surface area contributed by atoms with Crippen molar-refractivity contribution in [3.63, 3.8) is 0 Å². The third-order valence-electron chi connectivity index (χ3n) is 9.26. The van der Waals surface area contributed by atoms with Crippen LogP contribution >= 0.6 is 0 Å². The molecule has 11 heteroatoms. The van der Waals surface area contributed by atoms with Gasteiger partial charge in [-0.3, -0.25) is 9.69 Å². The van der Waals surface area contributed by atoms with Crippen molar-refractivity contribution < 1.29 is 28.2 Å². The number of cyclic esters (lactones) is 1. The molecule has 0 bridgehead atoms. The number of ether oxygens (including phenoxy) is 1. The van der Waals surface area contributed by atoms with Gasteiger partial charge in [-0.15, -0.1) is 0 Å². The number of carbonyl (C=O) groups excluding carboxylic acids is 1. The SMILES string of the molecule is C.CCCCCCCC.CC[C@H]1CN(c2ccc(N3CCN(c4cc5c(cc4F)c(=O)c(C(=O)O)cn5C4CC4)CC3)c(F)c2)C(=O)O1. The first-order valence-corrected chi connectivity index (χ1v) is 17.1. The molecule has 0 unspecified atom stereocenters. The van der Waals surface area contributed by atoms with E-state index in [4.69, 9.17) is 4.74 Å². The summed E-state index contributed by atoms with van der Waals surface area (Å²) in [5.41, 5.74) is 0.625. The Kier molecular flexibility index (Phi) is 12.5. The highest BCUT2D eigenvalue weighted by Crippen LogP contribution is 2.38. The summed E-state index contributed by atoms with van der Waals surface area (Å²) in [4.78, 5) is 41.6.